The molecule has 0 saturated carbocycles. The van der Waals surface area contributed by atoms with Crippen LogP contribution in [0.1, 0.15) is 50.8 Å². The molecule has 1 rings (SSSR count). The molecule has 0 unspecified atom stereocenters. The zero-order chi connectivity index (χ0) is 14.5. The molecular formula is C18H31N. The topological polar surface area (TPSA) is 12.0 Å². The molecule has 0 radical (unpaired) electrons. The first kappa shape index (κ1) is 16.2. The van der Waals surface area contributed by atoms with E-state index >= 15 is 0 Å². The minimum atomic E-state index is 0.362. The van der Waals surface area contributed by atoms with Gasteiger partial charge in [-0.1, -0.05) is 45.9 Å². The predicted octanol–water partition coefficient (Wildman–Crippen LogP) is 4.51. The van der Waals surface area contributed by atoms with E-state index in [9.17, 15) is 0 Å². The van der Waals surface area contributed by atoms with Crippen molar-refractivity contribution in [1.29, 1.82) is 0 Å². The molecular weight excluding hydrogens is 230 g/mol. The fourth-order valence-corrected chi connectivity index (χ4v) is 2.51. The Morgan fingerprint density at radius 3 is 2.21 bits per heavy atom. The molecule has 1 aromatic rings. The Morgan fingerprint density at radius 2 is 1.68 bits per heavy atom. The summed E-state index contributed by atoms with van der Waals surface area (Å²) in [7, 11) is 0. The fraction of sp³-hybridized carbons (Fsp3) is 0.667. The van der Waals surface area contributed by atoms with Crippen molar-refractivity contribution in [3.05, 3.63) is 34.9 Å². The second kappa shape index (κ2) is 7.09. The summed E-state index contributed by atoms with van der Waals surface area (Å²) < 4.78 is 0. The second-order valence-corrected chi connectivity index (χ2v) is 7.06. The molecule has 0 amide bonds. The number of nitrogens with one attached hydrogen (secondary N) is 1. The second-order valence-electron chi connectivity index (χ2n) is 7.06. The van der Waals surface area contributed by atoms with E-state index in [2.05, 4.69) is 65.1 Å². The average Bonchev–Trinajstić information content (AvgIpc) is 2.30. The van der Waals surface area contributed by atoms with Crippen molar-refractivity contribution in [2.75, 3.05) is 13.1 Å². The third-order valence-electron chi connectivity index (χ3n) is 3.83. The molecule has 0 aliphatic rings. The summed E-state index contributed by atoms with van der Waals surface area (Å²) in [5.41, 5.74) is 4.77. The molecule has 0 bridgehead atoms. The number of hydrogen-bond donors (Lipinski definition) is 1. The van der Waals surface area contributed by atoms with Crippen molar-refractivity contribution in [1.82, 2.24) is 5.32 Å². The van der Waals surface area contributed by atoms with Crippen molar-refractivity contribution in [3.8, 4) is 0 Å². The van der Waals surface area contributed by atoms with Gasteiger partial charge in [-0.3, -0.25) is 0 Å². The Morgan fingerprint density at radius 1 is 1.11 bits per heavy atom. The van der Waals surface area contributed by atoms with Crippen molar-refractivity contribution in [3.63, 3.8) is 0 Å². The zero-order valence-electron chi connectivity index (χ0n) is 13.6. The normalized spacial score (nSPS) is 12.2. The van der Waals surface area contributed by atoms with Crippen LogP contribution >= 0.6 is 0 Å². The van der Waals surface area contributed by atoms with Crippen LogP contribution in [0.15, 0.2) is 18.2 Å². The van der Waals surface area contributed by atoms with Crippen LogP contribution in [-0.2, 0) is 6.42 Å². The van der Waals surface area contributed by atoms with Gasteiger partial charge in [-0.05, 0) is 67.8 Å². The number of hydrogen-bond acceptors (Lipinski definition) is 1. The lowest BCUT2D eigenvalue weighted by atomic mass is 9.80. The summed E-state index contributed by atoms with van der Waals surface area (Å²) in [6.07, 6.45) is 2.41. The molecule has 1 N–H and O–H groups in total. The Hall–Kier alpha value is -0.820. The van der Waals surface area contributed by atoms with Crippen LogP contribution in [0.4, 0.5) is 0 Å². The third kappa shape index (κ3) is 5.78. The minimum absolute atomic E-state index is 0.362. The van der Waals surface area contributed by atoms with E-state index in [4.69, 9.17) is 0 Å². The highest BCUT2D eigenvalue weighted by Crippen LogP contribution is 2.28. The van der Waals surface area contributed by atoms with Gasteiger partial charge < -0.3 is 5.32 Å². The molecule has 0 aromatic heterocycles. The highest BCUT2D eigenvalue weighted by Gasteiger charge is 2.20. The van der Waals surface area contributed by atoms with E-state index in [-0.39, 0.29) is 0 Å². The molecule has 0 aliphatic carbocycles. The maximum absolute atomic E-state index is 3.56. The highest BCUT2D eigenvalue weighted by molar-refractivity contribution is 5.34. The summed E-state index contributed by atoms with van der Waals surface area (Å²) in [4.78, 5) is 0. The van der Waals surface area contributed by atoms with Crippen LogP contribution < -0.4 is 5.32 Å². The van der Waals surface area contributed by atoms with Gasteiger partial charge in [0.15, 0.2) is 0 Å². The Balaban J connectivity index is 2.54. The molecule has 1 aromatic carbocycles. The lowest BCUT2D eigenvalue weighted by Gasteiger charge is -2.27. The minimum Gasteiger partial charge on any atom is -0.316 e. The molecule has 1 heteroatoms. The molecule has 1 nitrogen and oxygen atoms in total. The smallest absolute Gasteiger partial charge is 0.00258 e. The summed E-state index contributed by atoms with van der Waals surface area (Å²) in [6.45, 7) is 16.0. The van der Waals surface area contributed by atoms with Gasteiger partial charge in [-0.15, -0.1) is 0 Å². The van der Waals surface area contributed by atoms with Gasteiger partial charge in [-0.25, -0.2) is 0 Å². The van der Waals surface area contributed by atoms with E-state index in [0.717, 1.165) is 19.0 Å². The quantitative estimate of drug-likeness (QED) is 0.712. The summed E-state index contributed by atoms with van der Waals surface area (Å²) in [6, 6.07) is 6.62. The lowest BCUT2D eigenvalue weighted by Crippen LogP contribution is -2.27. The SMILES string of the molecule is Cc1cccc(C)c1CC(C)(C)CCNCC(C)C. The van der Waals surface area contributed by atoms with E-state index in [1.807, 2.05) is 0 Å². The molecule has 0 spiro atoms. The Kier molecular flexibility index (Phi) is 6.06. The number of benzene rings is 1. The van der Waals surface area contributed by atoms with Crippen molar-refractivity contribution >= 4 is 0 Å². The monoisotopic (exact) mass is 261 g/mol. The van der Waals surface area contributed by atoms with Gasteiger partial charge in [0.25, 0.3) is 0 Å². The molecule has 19 heavy (non-hydrogen) atoms. The van der Waals surface area contributed by atoms with Crippen molar-refractivity contribution in [2.45, 2.75) is 54.4 Å². The molecule has 0 atom stereocenters. The first-order chi connectivity index (χ1) is 8.82. The van der Waals surface area contributed by atoms with Crippen LogP contribution in [0.2, 0.25) is 0 Å². The van der Waals surface area contributed by atoms with Gasteiger partial charge in [0.2, 0.25) is 0 Å². The largest absolute Gasteiger partial charge is 0.316 e. The number of aryl methyl sites for hydroxylation is 2. The third-order valence-corrected chi connectivity index (χ3v) is 3.83. The Labute approximate surface area is 119 Å². The number of rotatable bonds is 7. The van der Waals surface area contributed by atoms with E-state index in [1.54, 1.807) is 0 Å². The van der Waals surface area contributed by atoms with Crippen LogP contribution in [0.5, 0.6) is 0 Å². The van der Waals surface area contributed by atoms with Gasteiger partial charge in [0, 0.05) is 0 Å². The van der Waals surface area contributed by atoms with E-state index in [0.29, 0.717) is 5.41 Å². The first-order valence-electron chi connectivity index (χ1n) is 7.57. The standard InChI is InChI=1S/C18H31N/c1-14(2)13-19-11-10-18(5,6)12-17-15(3)8-7-9-16(17)4/h7-9,14,19H,10-13H2,1-6H3. The maximum Gasteiger partial charge on any atom is -0.00258 e. The van der Waals surface area contributed by atoms with Crippen molar-refractivity contribution < 1.29 is 0 Å². The fourth-order valence-electron chi connectivity index (χ4n) is 2.51. The van der Waals surface area contributed by atoms with Crippen LogP contribution in [0.25, 0.3) is 0 Å². The first-order valence-corrected chi connectivity index (χ1v) is 7.57. The van der Waals surface area contributed by atoms with E-state index < -0.39 is 0 Å². The molecule has 0 saturated heterocycles. The maximum atomic E-state index is 3.56. The van der Waals surface area contributed by atoms with Crippen LogP contribution in [0.3, 0.4) is 0 Å². The van der Waals surface area contributed by atoms with Crippen molar-refractivity contribution in [2.24, 2.45) is 11.3 Å². The molecule has 0 heterocycles. The molecule has 108 valence electrons. The average molecular weight is 261 g/mol. The lowest BCUT2D eigenvalue weighted by molar-refractivity contribution is 0.321. The molecule has 0 fully saturated rings. The highest BCUT2D eigenvalue weighted by atomic mass is 14.8. The van der Waals surface area contributed by atoms with Gasteiger partial charge in [0.1, 0.15) is 0 Å². The van der Waals surface area contributed by atoms with Gasteiger partial charge in [0.05, 0.1) is 0 Å². The van der Waals surface area contributed by atoms with Gasteiger partial charge >= 0.3 is 0 Å². The zero-order valence-corrected chi connectivity index (χ0v) is 13.6. The van der Waals surface area contributed by atoms with Crippen LogP contribution in [0, 0.1) is 25.2 Å². The molecule has 0 aliphatic heterocycles. The summed E-state index contributed by atoms with van der Waals surface area (Å²) in [5, 5.41) is 3.56. The summed E-state index contributed by atoms with van der Waals surface area (Å²) >= 11 is 0. The van der Waals surface area contributed by atoms with Crippen LogP contribution in [-0.4, -0.2) is 13.1 Å². The predicted molar refractivity (Wildman–Crippen MR) is 85.7 cm³/mol. The van der Waals surface area contributed by atoms with E-state index in [1.165, 1.54) is 29.5 Å². The Bertz CT molecular complexity index is 370. The summed E-state index contributed by atoms with van der Waals surface area (Å²) in [5.74, 6) is 0.738. The van der Waals surface area contributed by atoms with Gasteiger partial charge in [-0.2, -0.15) is 0 Å².